The maximum Gasteiger partial charge on any atom is 0.301 e. The summed E-state index contributed by atoms with van der Waals surface area (Å²) in [5, 5.41) is 0. The van der Waals surface area contributed by atoms with Gasteiger partial charge in [-0.15, -0.1) is 0 Å². The molecule has 1 aliphatic rings. The first-order chi connectivity index (χ1) is 10.1. The summed E-state index contributed by atoms with van der Waals surface area (Å²) in [4.78, 5) is 0. The van der Waals surface area contributed by atoms with E-state index < -0.39 is 10.2 Å². The lowest BCUT2D eigenvalue weighted by Gasteiger charge is -2.34. The number of nitrogens with zero attached hydrogens (tertiary/aromatic N) is 1. The Hall–Kier alpha value is -1.15. The smallest absolute Gasteiger partial charge is 0.301 e. The Balaban J connectivity index is 2.20. The van der Waals surface area contributed by atoms with Gasteiger partial charge in [0.05, 0.1) is 12.3 Å². The number of nitrogens with one attached hydrogen (secondary N) is 1. The monoisotopic (exact) mass is 313 g/mol. The normalized spacial score (nSPS) is 20.4. The highest BCUT2D eigenvalue weighted by Crippen LogP contribution is 2.23. The Labute approximate surface area is 126 Å². The summed E-state index contributed by atoms with van der Waals surface area (Å²) in [5.74, 6) is 0. The molecule has 1 aromatic carbocycles. The molecule has 0 saturated carbocycles. The van der Waals surface area contributed by atoms with Crippen molar-refractivity contribution in [3.63, 3.8) is 0 Å². The van der Waals surface area contributed by atoms with Crippen LogP contribution in [0.25, 0.3) is 0 Å². The van der Waals surface area contributed by atoms with Crippen LogP contribution in [-0.2, 0) is 21.6 Å². The quantitative estimate of drug-likeness (QED) is 0.829. The second-order valence-corrected chi connectivity index (χ2v) is 6.82. The van der Waals surface area contributed by atoms with E-state index >= 15 is 0 Å². The van der Waals surface area contributed by atoms with E-state index in [1.807, 2.05) is 12.1 Å². The highest BCUT2D eigenvalue weighted by molar-refractivity contribution is 7.90. The van der Waals surface area contributed by atoms with Gasteiger partial charge in [0.15, 0.2) is 0 Å². The lowest BCUT2D eigenvalue weighted by Crippen LogP contribution is -2.49. The average molecular weight is 313 g/mol. The molecule has 7 heteroatoms. The fourth-order valence-electron chi connectivity index (χ4n) is 2.62. The zero-order valence-electron chi connectivity index (χ0n) is 12.3. The molecule has 1 heterocycles. The molecule has 1 atom stereocenters. The number of hydrogen-bond donors (Lipinski definition) is 2. The molecule has 1 unspecified atom stereocenters. The van der Waals surface area contributed by atoms with Crippen molar-refractivity contribution in [2.75, 3.05) is 24.9 Å². The molecular weight excluding hydrogens is 290 g/mol. The van der Waals surface area contributed by atoms with Gasteiger partial charge in [0.2, 0.25) is 0 Å². The lowest BCUT2D eigenvalue weighted by atomic mass is 10.1. The minimum Gasteiger partial charge on any atom is -0.380 e. The van der Waals surface area contributed by atoms with E-state index in [0.29, 0.717) is 25.4 Å². The van der Waals surface area contributed by atoms with Gasteiger partial charge in [0.1, 0.15) is 0 Å². The van der Waals surface area contributed by atoms with Crippen molar-refractivity contribution in [1.29, 1.82) is 0 Å². The molecule has 0 aliphatic carbocycles. The molecule has 21 heavy (non-hydrogen) atoms. The predicted octanol–water partition coefficient (Wildman–Crippen LogP) is 1.30. The van der Waals surface area contributed by atoms with E-state index in [9.17, 15) is 8.42 Å². The molecule has 1 saturated heterocycles. The fraction of sp³-hybridized carbons (Fsp3) is 0.571. The minimum absolute atomic E-state index is 0.120. The third-order valence-corrected chi connectivity index (χ3v) is 5.29. The van der Waals surface area contributed by atoms with Gasteiger partial charge in [-0.2, -0.15) is 12.7 Å². The summed E-state index contributed by atoms with van der Waals surface area (Å²) >= 11 is 0. The van der Waals surface area contributed by atoms with Crippen molar-refractivity contribution in [3.05, 3.63) is 29.8 Å². The van der Waals surface area contributed by atoms with Gasteiger partial charge in [-0.1, -0.05) is 24.6 Å². The predicted molar refractivity (Wildman–Crippen MR) is 83.1 cm³/mol. The summed E-state index contributed by atoms with van der Waals surface area (Å²) in [6.45, 7) is 1.23. The molecule has 0 aromatic heterocycles. The second kappa shape index (κ2) is 7.22. The van der Waals surface area contributed by atoms with Gasteiger partial charge in [-0.3, -0.25) is 4.72 Å². The van der Waals surface area contributed by atoms with Crippen LogP contribution in [-0.4, -0.2) is 39.0 Å². The molecule has 1 fully saturated rings. The maximum atomic E-state index is 12.6. The molecular formula is C14H23N3O3S. The Morgan fingerprint density at radius 3 is 2.86 bits per heavy atom. The number of anilines is 1. The molecule has 118 valence electrons. The molecule has 0 bridgehead atoms. The summed E-state index contributed by atoms with van der Waals surface area (Å²) in [7, 11) is -2.01. The summed E-state index contributed by atoms with van der Waals surface area (Å²) in [5.41, 5.74) is 7.07. The van der Waals surface area contributed by atoms with Crippen molar-refractivity contribution in [3.8, 4) is 0 Å². The van der Waals surface area contributed by atoms with Crippen LogP contribution in [0, 0.1) is 0 Å². The molecule has 1 aromatic rings. The summed E-state index contributed by atoms with van der Waals surface area (Å²) < 4.78 is 34.5. The van der Waals surface area contributed by atoms with Crippen LogP contribution in [0.1, 0.15) is 24.8 Å². The zero-order chi connectivity index (χ0) is 15.3. The SMILES string of the molecule is COCc1ccccc1NS(=O)(=O)N1CCCCC1CN. The number of methoxy groups -OCH3 is 1. The van der Waals surface area contributed by atoms with Gasteiger partial charge in [0.25, 0.3) is 0 Å². The number of rotatable bonds is 6. The number of benzene rings is 1. The first kappa shape index (κ1) is 16.2. The van der Waals surface area contributed by atoms with Crippen LogP contribution >= 0.6 is 0 Å². The van der Waals surface area contributed by atoms with Crippen molar-refractivity contribution in [2.24, 2.45) is 5.73 Å². The number of hydrogen-bond acceptors (Lipinski definition) is 4. The van der Waals surface area contributed by atoms with Crippen molar-refractivity contribution < 1.29 is 13.2 Å². The molecule has 0 radical (unpaired) electrons. The minimum atomic E-state index is -3.59. The molecule has 3 N–H and O–H groups in total. The highest BCUT2D eigenvalue weighted by atomic mass is 32.2. The van der Waals surface area contributed by atoms with Crippen LogP contribution in [0.5, 0.6) is 0 Å². The largest absolute Gasteiger partial charge is 0.380 e. The number of piperidine rings is 1. The van der Waals surface area contributed by atoms with Gasteiger partial charge >= 0.3 is 10.2 Å². The van der Waals surface area contributed by atoms with Crippen molar-refractivity contribution in [1.82, 2.24) is 4.31 Å². The third-order valence-electron chi connectivity index (χ3n) is 3.71. The first-order valence-corrected chi connectivity index (χ1v) is 8.59. The maximum absolute atomic E-state index is 12.6. The standard InChI is InChI=1S/C14H23N3O3S/c1-20-11-12-6-2-3-8-14(12)16-21(18,19)17-9-5-4-7-13(17)10-15/h2-3,6,8,13,16H,4-5,7,9-11,15H2,1H3. The molecule has 2 rings (SSSR count). The summed E-state index contributed by atoms with van der Waals surface area (Å²) in [6.07, 6.45) is 2.71. The van der Waals surface area contributed by atoms with Crippen LogP contribution < -0.4 is 10.5 Å². The Bertz CT molecular complexity index is 562. The number of para-hydroxylation sites is 1. The van der Waals surface area contributed by atoms with Crippen LogP contribution in [0.4, 0.5) is 5.69 Å². The van der Waals surface area contributed by atoms with E-state index in [0.717, 1.165) is 24.8 Å². The van der Waals surface area contributed by atoms with Gasteiger partial charge in [-0.05, 0) is 18.9 Å². The number of nitrogens with two attached hydrogens (primary N) is 1. The lowest BCUT2D eigenvalue weighted by molar-refractivity contribution is 0.185. The van der Waals surface area contributed by atoms with Crippen LogP contribution in [0.15, 0.2) is 24.3 Å². The molecule has 0 spiro atoms. The van der Waals surface area contributed by atoms with E-state index in [4.69, 9.17) is 10.5 Å². The highest BCUT2D eigenvalue weighted by Gasteiger charge is 2.31. The molecule has 6 nitrogen and oxygen atoms in total. The van der Waals surface area contributed by atoms with Crippen molar-refractivity contribution in [2.45, 2.75) is 31.9 Å². The molecule has 0 amide bonds. The Morgan fingerprint density at radius 1 is 1.38 bits per heavy atom. The van der Waals surface area contributed by atoms with E-state index in [1.165, 1.54) is 4.31 Å². The Morgan fingerprint density at radius 2 is 2.14 bits per heavy atom. The van der Waals surface area contributed by atoms with E-state index in [1.54, 1.807) is 19.2 Å². The third kappa shape index (κ3) is 3.94. The Kier molecular flexibility index (Phi) is 5.58. The van der Waals surface area contributed by atoms with Gasteiger partial charge in [-0.25, -0.2) is 0 Å². The second-order valence-electron chi connectivity index (χ2n) is 5.19. The molecule has 1 aliphatic heterocycles. The van der Waals surface area contributed by atoms with Crippen LogP contribution in [0.2, 0.25) is 0 Å². The topological polar surface area (TPSA) is 84.7 Å². The van der Waals surface area contributed by atoms with E-state index in [2.05, 4.69) is 4.72 Å². The summed E-state index contributed by atoms with van der Waals surface area (Å²) in [6, 6.07) is 7.13. The van der Waals surface area contributed by atoms with E-state index in [-0.39, 0.29) is 6.04 Å². The van der Waals surface area contributed by atoms with Crippen molar-refractivity contribution >= 4 is 15.9 Å². The van der Waals surface area contributed by atoms with Gasteiger partial charge in [0, 0.05) is 31.8 Å². The average Bonchev–Trinajstić information content (AvgIpc) is 2.49. The van der Waals surface area contributed by atoms with Crippen LogP contribution in [0.3, 0.4) is 0 Å². The zero-order valence-corrected chi connectivity index (χ0v) is 13.1. The number of ether oxygens (including phenoxy) is 1. The first-order valence-electron chi connectivity index (χ1n) is 7.15. The fourth-order valence-corrected chi connectivity index (χ4v) is 4.17. The van der Waals surface area contributed by atoms with Gasteiger partial charge < -0.3 is 10.5 Å².